The van der Waals surface area contributed by atoms with E-state index in [1.807, 2.05) is 68.4 Å². The third kappa shape index (κ3) is 4.50. The zero-order valence-electron chi connectivity index (χ0n) is 19.1. The highest BCUT2D eigenvalue weighted by atomic mass is 16.5. The van der Waals surface area contributed by atoms with Gasteiger partial charge in [0.25, 0.3) is 5.91 Å². The highest BCUT2D eigenvalue weighted by molar-refractivity contribution is 6.16. The normalized spacial score (nSPS) is 16.3. The van der Waals surface area contributed by atoms with Crippen molar-refractivity contribution in [1.82, 2.24) is 9.80 Å². The Kier molecular flexibility index (Phi) is 6.51. The fraction of sp³-hybridized carbons (Fsp3) is 0.308. The van der Waals surface area contributed by atoms with E-state index >= 15 is 0 Å². The van der Waals surface area contributed by atoms with Crippen molar-refractivity contribution in [1.29, 1.82) is 0 Å². The highest BCUT2D eigenvalue weighted by Crippen LogP contribution is 2.40. The molecule has 2 heterocycles. The topological polar surface area (TPSA) is 83.2 Å². The smallest absolute Gasteiger partial charge is 0.290 e. The Bertz CT molecular complexity index is 1160. The first-order valence-corrected chi connectivity index (χ1v) is 11.1. The molecule has 0 radical (unpaired) electrons. The molecular formula is C26H28N2O5. The number of ether oxygens (including phenoxy) is 1. The van der Waals surface area contributed by atoms with Gasteiger partial charge in [0.15, 0.2) is 11.5 Å². The van der Waals surface area contributed by atoms with Crippen molar-refractivity contribution in [3.8, 4) is 5.75 Å². The number of fused-ring (bicyclic) bond motifs is 1. The zero-order valence-corrected chi connectivity index (χ0v) is 19.1. The molecule has 33 heavy (non-hydrogen) atoms. The molecule has 2 aromatic carbocycles. The van der Waals surface area contributed by atoms with E-state index in [0.29, 0.717) is 31.0 Å². The lowest BCUT2D eigenvalue weighted by molar-refractivity contribution is -0.129. The molecule has 7 heteroatoms. The van der Waals surface area contributed by atoms with Gasteiger partial charge in [-0.3, -0.25) is 9.59 Å². The highest BCUT2D eigenvalue weighted by Gasteiger charge is 2.44. The number of furan rings is 1. The Morgan fingerprint density at radius 1 is 1.15 bits per heavy atom. The van der Waals surface area contributed by atoms with Gasteiger partial charge in [0, 0.05) is 18.5 Å². The Morgan fingerprint density at radius 3 is 2.55 bits per heavy atom. The van der Waals surface area contributed by atoms with Crippen LogP contribution in [0.1, 0.15) is 35.5 Å². The third-order valence-electron chi connectivity index (χ3n) is 5.65. The summed E-state index contributed by atoms with van der Waals surface area (Å²) >= 11 is 0. The van der Waals surface area contributed by atoms with E-state index in [-0.39, 0.29) is 11.3 Å². The minimum absolute atomic E-state index is 0.0278. The van der Waals surface area contributed by atoms with Gasteiger partial charge < -0.3 is 24.1 Å². The van der Waals surface area contributed by atoms with Gasteiger partial charge >= 0.3 is 0 Å². The molecule has 0 aliphatic carbocycles. The second-order valence-corrected chi connectivity index (χ2v) is 8.36. The van der Waals surface area contributed by atoms with Crippen LogP contribution in [0, 0.1) is 0 Å². The number of hydrogen-bond acceptors (Lipinski definition) is 6. The second-order valence-electron chi connectivity index (χ2n) is 8.36. The standard InChI is InChI=1S/C26H28N2O5/c1-4-15-32-19-11-9-17(10-12-19)23-22(25(30)26(31)28(23)14-13-27(2)3)24(29)21-16-18-7-5-6-8-20(18)33-21/h5-12,16,23,30H,4,13-15H2,1-3H3/t23-/m1/s1. The number of amides is 1. The van der Waals surface area contributed by atoms with Gasteiger partial charge in [-0.2, -0.15) is 0 Å². The second kappa shape index (κ2) is 9.50. The van der Waals surface area contributed by atoms with Crippen molar-refractivity contribution >= 4 is 22.7 Å². The van der Waals surface area contributed by atoms with E-state index in [2.05, 4.69) is 0 Å². The van der Waals surface area contributed by atoms with Gasteiger partial charge in [-0.05, 0) is 50.3 Å². The van der Waals surface area contributed by atoms with Crippen LogP contribution in [0.2, 0.25) is 0 Å². The molecule has 0 saturated heterocycles. The third-order valence-corrected chi connectivity index (χ3v) is 5.65. The molecule has 1 aliphatic heterocycles. The van der Waals surface area contributed by atoms with E-state index in [1.165, 1.54) is 4.90 Å². The minimum atomic E-state index is -0.724. The van der Waals surface area contributed by atoms with Crippen LogP contribution in [0.25, 0.3) is 11.0 Å². The molecule has 0 fully saturated rings. The Hall–Kier alpha value is -3.58. The van der Waals surface area contributed by atoms with Crippen molar-refractivity contribution in [3.63, 3.8) is 0 Å². The number of aliphatic hydroxyl groups is 1. The lowest BCUT2D eigenvalue weighted by atomic mass is 9.95. The van der Waals surface area contributed by atoms with Crippen LogP contribution in [-0.4, -0.2) is 60.4 Å². The van der Waals surface area contributed by atoms with Gasteiger partial charge in [0.2, 0.25) is 5.78 Å². The monoisotopic (exact) mass is 448 g/mol. The first kappa shape index (κ1) is 22.6. The van der Waals surface area contributed by atoms with E-state index in [4.69, 9.17) is 9.15 Å². The molecular weight excluding hydrogens is 420 g/mol. The summed E-state index contributed by atoms with van der Waals surface area (Å²) in [5.41, 5.74) is 1.32. The van der Waals surface area contributed by atoms with Crippen LogP contribution in [0.4, 0.5) is 0 Å². The first-order chi connectivity index (χ1) is 15.9. The summed E-state index contributed by atoms with van der Waals surface area (Å²) in [6, 6.07) is 15.5. The number of rotatable bonds is 9. The fourth-order valence-corrected chi connectivity index (χ4v) is 3.96. The largest absolute Gasteiger partial charge is 0.503 e. The average Bonchev–Trinajstić information content (AvgIpc) is 3.35. The summed E-state index contributed by atoms with van der Waals surface area (Å²) in [4.78, 5) is 30.0. The van der Waals surface area contributed by atoms with Crippen LogP contribution < -0.4 is 4.74 Å². The van der Waals surface area contributed by atoms with Crippen LogP contribution in [0.3, 0.4) is 0 Å². The maximum Gasteiger partial charge on any atom is 0.290 e. The molecule has 172 valence electrons. The molecule has 3 aromatic rings. The molecule has 0 unspecified atom stereocenters. The lowest BCUT2D eigenvalue weighted by Gasteiger charge is -2.28. The average molecular weight is 449 g/mol. The summed E-state index contributed by atoms with van der Waals surface area (Å²) in [5.74, 6) is -0.792. The van der Waals surface area contributed by atoms with E-state index < -0.39 is 23.5 Å². The number of carbonyl (C=O) groups excluding carboxylic acids is 2. The van der Waals surface area contributed by atoms with Crippen molar-refractivity contribution in [2.45, 2.75) is 19.4 Å². The summed E-state index contributed by atoms with van der Waals surface area (Å²) < 4.78 is 11.4. The Morgan fingerprint density at radius 2 is 1.88 bits per heavy atom. The van der Waals surface area contributed by atoms with Crippen LogP contribution in [-0.2, 0) is 4.79 Å². The van der Waals surface area contributed by atoms with E-state index in [9.17, 15) is 14.7 Å². The zero-order chi connectivity index (χ0) is 23.5. The molecule has 7 nitrogen and oxygen atoms in total. The molecule has 0 spiro atoms. The number of likely N-dealkylation sites (N-methyl/N-ethyl adjacent to an activating group) is 1. The van der Waals surface area contributed by atoms with Crippen molar-refractivity contribution in [2.24, 2.45) is 0 Å². The number of Topliss-reactive ketones (excluding diaryl/α,β-unsaturated/α-hetero) is 1. The van der Waals surface area contributed by atoms with E-state index in [1.54, 1.807) is 12.1 Å². The molecule has 1 N–H and O–H groups in total. The molecule has 1 aromatic heterocycles. The predicted octanol–water partition coefficient (Wildman–Crippen LogP) is 4.36. The number of hydrogen-bond donors (Lipinski definition) is 1. The predicted molar refractivity (Wildman–Crippen MR) is 125 cm³/mol. The first-order valence-electron chi connectivity index (χ1n) is 11.1. The molecule has 0 bridgehead atoms. The van der Waals surface area contributed by atoms with Gasteiger partial charge in [0.1, 0.15) is 11.3 Å². The molecule has 0 saturated carbocycles. The van der Waals surface area contributed by atoms with Crippen LogP contribution in [0.5, 0.6) is 5.75 Å². The fourth-order valence-electron chi connectivity index (χ4n) is 3.96. The molecule has 1 atom stereocenters. The Labute approximate surface area is 192 Å². The van der Waals surface area contributed by atoms with Gasteiger partial charge in [-0.1, -0.05) is 37.3 Å². The molecule has 4 rings (SSSR count). The number of benzene rings is 2. The molecule has 1 amide bonds. The maximum absolute atomic E-state index is 13.5. The van der Waals surface area contributed by atoms with E-state index in [0.717, 1.165) is 17.4 Å². The van der Waals surface area contributed by atoms with Crippen molar-refractivity contribution in [3.05, 3.63) is 77.3 Å². The number of para-hydroxylation sites is 1. The van der Waals surface area contributed by atoms with Crippen LogP contribution in [0.15, 0.2) is 70.3 Å². The SMILES string of the molecule is CCCOc1ccc([C@@H]2C(C(=O)c3cc4ccccc4o3)=C(O)C(=O)N2CCN(C)C)cc1. The molecule has 1 aliphatic rings. The number of ketones is 1. The van der Waals surface area contributed by atoms with Crippen molar-refractivity contribution < 1.29 is 23.8 Å². The number of aliphatic hydroxyl groups excluding tert-OH is 1. The van der Waals surface area contributed by atoms with Gasteiger partial charge in [-0.15, -0.1) is 0 Å². The summed E-state index contributed by atoms with van der Waals surface area (Å²) in [6.45, 7) is 3.57. The van der Waals surface area contributed by atoms with Gasteiger partial charge in [0.05, 0.1) is 18.2 Å². The van der Waals surface area contributed by atoms with Crippen molar-refractivity contribution in [2.75, 3.05) is 33.8 Å². The summed E-state index contributed by atoms with van der Waals surface area (Å²) in [6.07, 6.45) is 0.893. The number of carbonyl (C=O) groups is 2. The van der Waals surface area contributed by atoms with Crippen LogP contribution >= 0.6 is 0 Å². The summed E-state index contributed by atoms with van der Waals surface area (Å²) in [7, 11) is 3.81. The van der Waals surface area contributed by atoms with Gasteiger partial charge in [-0.25, -0.2) is 0 Å². The quantitative estimate of drug-likeness (QED) is 0.490. The maximum atomic E-state index is 13.5. The lowest BCUT2D eigenvalue weighted by Crippen LogP contribution is -2.36. The number of nitrogens with zero attached hydrogens (tertiary/aromatic N) is 2. The minimum Gasteiger partial charge on any atom is -0.503 e. The Balaban J connectivity index is 1.73. The summed E-state index contributed by atoms with van der Waals surface area (Å²) in [5, 5.41) is 11.6.